The average molecular weight is 438 g/mol. The summed E-state index contributed by atoms with van der Waals surface area (Å²) in [5, 5.41) is 18.1. The molecule has 0 amide bonds. The van der Waals surface area contributed by atoms with Gasteiger partial charge < -0.3 is 5.11 Å². The van der Waals surface area contributed by atoms with E-state index in [4.69, 9.17) is 0 Å². The maximum absolute atomic E-state index is 12.5. The first-order valence-corrected chi connectivity index (χ1v) is 11.7. The molecule has 2 fully saturated rings. The Balaban J connectivity index is 1.35. The number of aliphatic hydroxyl groups is 1. The zero-order valence-electron chi connectivity index (χ0n) is 17.6. The van der Waals surface area contributed by atoms with Crippen LogP contribution in [0.3, 0.4) is 0 Å². The Kier molecular flexibility index (Phi) is 5.45. The Morgan fingerprint density at radius 2 is 1.90 bits per heavy atom. The highest BCUT2D eigenvalue weighted by atomic mass is 32.1. The minimum absolute atomic E-state index is 0.168. The minimum atomic E-state index is -0.930. The van der Waals surface area contributed by atoms with Gasteiger partial charge in [0, 0.05) is 42.7 Å². The summed E-state index contributed by atoms with van der Waals surface area (Å²) < 4.78 is 1.45. The molecule has 2 unspecified atom stereocenters. The van der Waals surface area contributed by atoms with Crippen LogP contribution in [0.2, 0.25) is 0 Å². The summed E-state index contributed by atoms with van der Waals surface area (Å²) in [6.45, 7) is 2.93. The Hall–Kier alpha value is -2.42. The van der Waals surface area contributed by atoms with Gasteiger partial charge in [-0.15, -0.1) is 11.3 Å². The lowest BCUT2D eigenvalue weighted by Crippen LogP contribution is -2.59. The molecule has 2 atom stereocenters. The van der Waals surface area contributed by atoms with Crippen LogP contribution in [0.1, 0.15) is 43.5 Å². The summed E-state index contributed by atoms with van der Waals surface area (Å²) in [4.78, 5) is 24.7. The topological polar surface area (TPSA) is 84.1 Å². The molecule has 5 heterocycles. The van der Waals surface area contributed by atoms with Crippen LogP contribution < -0.4 is 5.56 Å². The van der Waals surface area contributed by atoms with Crippen LogP contribution in [0.4, 0.5) is 0 Å². The van der Waals surface area contributed by atoms with E-state index in [2.05, 4.69) is 20.0 Å². The van der Waals surface area contributed by atoms with Crippen LogP contribution in [-0.4, -0.2) is 47.4 Å². The molecule has 3 aromatic rings. The van der Waals surface area contributed by atoms with Crippen molar-refractivity contribution in [2.45, 2.75) is 69.8 Å². The first-order chi connectivity index (χ1) is 15.0. The van der Waals surface area contributed by atoms with Crippen molar-refractivity contribution in [1.29, 1.82) is 0 Å². The van der Waals surface area contributed by atoms with Gasteiger partial charge in [-0.25, -0.2) is 14.6 Å². The zero-order chi connectivity index (χ0) is 21.4. The van der Waals surface area contributed by atoms with Crippen LogP contribution in [0.5, 0.6) is 0 Å². The summed E-state index contributed by atoms with van der Waals surface area (Å²) in [5.41, 5.74) is 0.781. The van der Waals surface area contributed by atoms with Crippen LogP contribution in [-0.2, 0) is 13.1 Å². The molecule has 2 aliphatic heterocycles. The van der Waals surface area contributed by atoms with Gasteiger partial charge in [0.2, 0.25) is 0 Å². The third-order valence-electron chi connectivity index (χ3n) is 6.53. The molecule has 31 heavy (non-hydrogen) atoms. The Morgan fingerprint density at radius 1 is 1.16 bits per heavy atom. The van der Waals surface area contributed by atoms with Gasteiger partial charge in [-0.2, -0.15) is 5.10 Å². The summed E-state index contributed by atoms with van der Waals surface area (Å²) in [6.07, 6.45) is 8.39. The number of fused-ring (bicyclic) bond motifs is 2. The standard InChI is InChI=1S/C23H27N5O2S/c1-16-24-12-17(13-25-16)14-27-18-4-2-5-19(27)11-23(30,10-18)15-28-22(29)8-7-20(26-28)21-6-3-9-31-21/h3,6-9,12-13,18-19,30H,2,4-5,10-11,14-15H2,1H3. The molecule has 162 valence electrons. The highest BCUT2D eigenvalue weighted by Gasteiger charge is 2.45. The molecule has 1 N–H and O–H groups in total. The second-order valence-electron chi connectivity index (χ2n) is 8.87. The minimum Gasteiger partial charge on any atom is -0.388 e. The number of hydrogen-bond donors (Lipinski definition) is 1. The van der Waals surface area contributed by atoms with Crippen molar-refractivity contribution >= 4 is 11.3 Å². The van der Waals surface area contributed by atoms with Crippen LogP contribution in [0.15, 0.2) is 46.8 Å². The number of rotatable bonds is 5. The van der Waals surface area contributed by atoms with Gasteiger partial charge in [0.25, 0.3) is 5.56 Å². The van der Waals surface area contributed by atoms with E-state index in [1.807, 2.05) is 36.8 Å². The molecule has 2 saturated heterocycles. The van der Waals surface area contributed by atoms with E-state index in [9.17, 15) is 9.90 Å². The summed E-state index contributed by atoms with van der Waals surface area (Å²) in [7, 11) is 0. The van der Waals surface area contributed by atoms with Crippen molar-refractivity contribution in [3.63, 3.8) is 0 Å². The van der Waals surface area contributed by atoms with Crippen molar-refractivity contribution in [1.82, 2.24) is 24.6 Å². The second-order valence-corrected chi connectivity index (χ2v) is 9.82. The van der Waals surface area contributed by atoms with Gasteiger partial charge in [-0.3, -0.25) is 9.69 Å². The SMILES string of the molecule is Cc1ncc(CN2C3CCCC2CC(O)(Cn2nc(-c4cccs4)ccc2=O)C3)cn1. The largest absolute Gasteiger partial charge is 0.388 e. The van der Waals surface area contributed by atoms with Crippen molar-refractivity contribution in [2.75, 3.05) is 0 Å². The Morgan fingerprint density at radius 3 is 2.58 bits per heavy atom. The number of thiophene rings is 1. The zero-order valence-corrected chi connectivity index (χ0v) is 18.5. The van der Waals surface area contributed by atoms with E-state index in [0.29, 0.717) is 12.8 Å². The number of aromatic nitrogens is 4. The van der Waals surface area contributed by atoms with E-state index in [0.717, 1.165) is 41.3 Å². The predicted octanol–water partition coefficient (Wildman–Crippen LogP) is 3.02. The van der Waals surface area contributed by atoms with E-state index >= 15 is 0 Å². The maximum atomic E-state index is 12.5. The number of piperidine rings is 2. The highest BCUT2D eigenvalue weighted by molar-refractivity contribution is 7.13. The van der Waals surface area contributed by atoms with E-state index in [-0.39, 0.29) is 24.2 Å². The summed E-state index contributed by atoms with van der Waals surface area (Å²) in [6, 6.07) is 7.86. The number of hydrogen-bond acceptors (Lipinski definition) is 7. The lowest BCUT2D eigenvalue weighted by Gasteiger charge is -2.52. The maximum Gasteiger partial charge on any atom is 0.266 e. The molecular weight excluding hydrogens is 410 g/mol. The van der Waals surface area contributed by atoms with E-state index in [1.165, 1.54) is 11.1 Å². The third kappa shape index (κ3) is 4.33. The van der Waals surface area contributed by atoms with Crippen LogP contribution >= 0.6 is 11.3 Å². The number of nitrogens with zero attached hydrogens (tertiary/aromatic N) is 5. The molecule has 7 nitrogen and oxygen atoms in total. The summed E-state index contributed by atoms with van der Waals surface area (Å²) in [5.74, 6) is 0.777. The van der Waals surface area contributed by atoms with Gasteiger partial charge >= 0.3 is 0 Å². The van der Waals surface area contributed by atoms with E-state index < -0.39 is 5.60 Å². The van der Waals surface area contributed by atoms with Gasteiger partial charge in [0.1, 0.15) is 11.5 Å². The monoisotopic (exact) mass is 437 g/mol. The van der Waals surface area contributed by atoms with Crippen LogP contribution in [0, 0.1) is 6.92 Å². The molecule has 2 aliphatic rings. The fourth-order valence-corrected chi connectivity index (χ4v) is 5.80. The predicted molar refractivity (Wildman–Crippen MR) is 120 cm³/mol. The highest BCUT2D eigenvalue weighted by Crippen LogP contribution is 2.40. The molecule has 0 aliphatic carbocycles. The second kappa shape index (κ2) is 8.26. The number of aryl methyl sites for hydroxylation is 1. The molecule has 2 bridgehead atoms. The molecule has 8 heteroatoms. The molecule has 0 radical (unpaired) electrons. The van der Waals surface area contributed by atoms with Gasteiger partial charge in [0.15, 0.2) is 0 Å². The van der Waals surface area contributed by atoms with Crippen molar-refractivity contribution < 1.29 is 5.11 Å². The molecule has 5 rings (SSSR count). The van der Waals surface area contributed by atoms with Crippen molar-refractivity contribution in [3.8, 4) is 10.6 Å². The lowest BCUT2D eigenvalue weighted by molar-refractivity contribution is -0.105. The quantitative estimate of drug-likeness (QED) is 0.661. The Bertz CT molecular complexity index is 1080. The molecule has 0 aromatic carbocycles. The third-order valence-corrected chi connectivity index (χ3v) is 7.42. The van der Waals surface area contributed by atoms with E-state index in [1.54, 1.807) is 23.5 Å². The van der Waals surface area contributed by atoms with Crippen molar-refractivity contribution in [2.24, 2.45) is 0 Å². The molecule has 0 saturated carbocycles. The fraction of sp³-hybridized carbons (Fsp3) is 0.478. The molecular formula is C23H27N5O2S. The first-order valence-electron chi connectivity index (χ1n) is 10.9. The lowest BCUT2D eigenvalue weighted by atomic mass is 9.75. The average Bonchev–Trinajstić information content (AvgIpc) is 3.27. The fourth-order valence-electron chi connectivity index (χ4n) is 5.11. The van der Waals surface area contributed by atoms with Gasteiger partial charge in [-0.05, 0) is 50.1 Å². The molecule has 3 aromatic heterocycles. The van der Waals surface area contributed by atoms with Gasteiger partial charge in [-0.1, -0.05) is 12.5 Å². The van der Waals surface area contributed by atoms with Crippen LogP contribution in [0.25, 0.3) is 10.6 Å². The smallest absolute Gasteiger partial charge is 0.266 e. The van der Waals surface area contributed by atoms with Gasteiger partial charge in [0.05, 0.1) is 17.0 Å². The molecule has 0 spiro atoms. The Labute approximate surface area is 185 Å². The first kappa shape index (κ1) is 20.5. The normalized spacial score (nSPS) is 26.1. The van der Waals surface area contributed by atoms with Crippen molar-refractivity contribution in [3.05, 3.63) is 63.8 Å². The summed E-state index contributed by atoms with van der Waals surface area (Å²) >= 11 is 1.59.